The summed E-state index contributed by atoms with van der Waals surface area (Å²) in [6.45, 7) is 8.77. The molecule has 0 saturated carbocycles. The molecule has 2 fully saturated rings. The molecule has 2 aliphatic heterocycles. The van der Waals surface area contributed by atoms with Gasteiger partial charge in [-0.2, -0.15) is 0 Å². The number of carboxylic acids is 1. The first kappa shape index (κ1) is 15.1. The van der Waals surface area contributed by atoms with Crippen LogP contribution in [0.2, 0.25) is 0 Å². The van der Waals surface area contributed by atoms with E-state index in [0.717, 1.165) is 19.5 Å². The molecular formula is C14H25N3O3. The normalized spacial score (nSPS) is 28.5. The Hall–Kier alpha value is -1.30. The van der Waals surface area contributed by atoms with Crippen molar-refractivity contribution in [1.29, 1.82) is 0 Å². The molecule has 0 aliphatic carbocycles. The first-order valence-corrected chi connectivity index (χ1v) is 7.45. The summed E-state index contributed by atoms with van der Waals surface area (Å²) >= 11 is 0. The van der Waals surface area contributed by atoms with Crippen molar-refractivity contribution in [2.75, 3.05) is 45.8 Å². The van der Waals surface area contributed by atoms with Crippen LogP contribution in [0.4, 0.5) is 4.79 Å². The summed E-state index contributed by atoms with van der Waals surface area (Å²) < 4.78 is 0. The van der Waals surface area contributed by atoms with Crippen LogP contribution in [0.5, 0.6) is 0 Å². The van der Waals surface area contributed by atoms with Crippen LogP contribution in [-0.4, -0.2) is 77.6 Å². The average Bonchev–Trinajstić information content (AvgIpc) is 2.41. The lowest BCUT2D eigenvalue weighted by atomic mass is 9.89. The lowest BCUT2D eigenvalue weighted by Gasteiger charge is -2.40. The van der Waals surface area contributed by atoms with Gasteiger partial charge in [0.1, 0.15) is 0 Å². The van der Waals surface area contributed by atoms with Gasteiger partial charge in [-0.3, -0.25) is 9.69 Å². The second-order valence-corrected chi connectivity index (χ2v) is 6.13. The molecule has 0 radical (unpaired) electrons. The van der Waals surface area contributed by atoms with Crippen molar-refractivity contribution < 1.29 is 14.7 Å². The minimum absolute atomic E-state index is 0.0697. The summed E-state index contributed by atoms with van der Waals surface area (Å²) in [5.41, 5.74) is 0. The number of hydrogen-bond acceptors (Lipinski definition) is 3. The number of carbonyl (C=O) groups excluding carboxylic acids is 1. The summed E-state index contributed by atoms with van der Waals surface area (Å²) in [6.07, 6.45) is 1.08. The second kappa shape index (κ2) is 6.43. The van der Waals surface area contributed by atoms with E-state index in [1.54, 1.807) is 0 Å². The Morgan fingerprint density at radius 2 is 1.65 bits per heavy atom. The van der Waals surface area contributed by atoms with E-state index in [1.807, 2.05) is 14.7 Å². The fourth-order valence-corrected chi connectivity index (χ4v) is 2.93. The molecule has 0 aromatic rings. The summed E-state index contributed by atoms with van der Waals surface area (Å²) in [7, 11) is 0. The zero-order chi connectivity index (χ0) is 14.7. The Labute approximate surface area is 120 Å². The number of nitrogens with zero attached hydrogens (tertiary/aromatic N) is 3. The van der Waals surface area contributed by atoms with Gasteiger partial charge >= 0.3 is 12.0 Å². The van der Waals surface area contributed by atoms with Crippen molar-refractivity contribution in [3.63, 3.8) is 0 Å². The Morgan fingerprint density at radius 1 is 1.00 bits per heavy atom. The molecule has 2 heterocycles. The van der Waals surface area contributed by atoms with Crippen LogP contribution in [0.1, 0.15) is 20.3 Å². The third kappa shape index (κ3) is 3.62. The number of carboxylic acid groups (broad SMARTS) is 1. The van der Waals surface area contributed by atoms with Gasteiger partial charge in [0.25, 0.3) is 0 Å². The number of carbonyl (C=O) groups is 2. The topological polar surface area (TPSA) is 64.1 Å². The Kier molecular flexibility index (Phi) is 4.86. The molecule has 0 bridgehead atoms. The highest BCUT2D eigenvalue weighted by molar-refractivity contribution is 5.75. The largest absolute Gasteiger partial charge is 0.480 e. The maximum atomic E-state index is 12.5. The van der Waals surface area contributed by atoms with E-state index in [4.69, 9.17) is 5.11 Å². The molecule has 6 nitrogen and oxygen atoms in total. The van der Waals surface area contributed by atoms with Crippen LogP contribution < -0.4 is 0 Å². The highest BCUT2D eigenvalue weighted by atomic mass is 16.4. The number of piperidine rings is 1. The molecule has 2 atom stereocenters. The minimum Gasteiger partial charge on any atom is -0.480 e. The molecule has 1 N–H and O–H groups in total. The number of piperazine rings is 1. The van der Waals surface area contributed by atoms with Gasteiger partial charge in [-0.15, -0.1) is 0 Å². The molecule has 0 aromatic carbocycles. The number of hydrogen-bond donors (Lipinski definition) is 1. The predicted octanol–water partition coefficient (Wildman–Crippen LogP) is 0.786. The Morgan fingerprint density at radius 3 is 2.20 bits per heavy atom. The van der Waals surface area contributed by atoms with Gasteiger partial charge in [0.05, 0.1) is 6.54 Å². The van der Waals surface area contributed by atoms with Crippen molar-refractivity contribution in [2.24, 2.45) is 11.8 Å². The van der Waals surface area contributed by atoms with Gasteiger partial charge in [0.2, 0.25) is 0 Å². The fourth-order valence-electron chi connectivity index (χ4n) is 2.93. The van der Waals surface area contributed by atoms with Crippen LogP contribution in [-0.2, 0) is 4.79 Å². The van der Waals surface area contributed by atoms with E-state index in [9.17, 15) is 9.59 Å². The fraction of sp³-hybridized carbons (Fsp3) is 0.857. The zero-order valence-corrected chi connectivity index (χ0v) is 12.4. The molecule has 2 aliphatic rings. The van der Waals surface area contributed by atoms with Gasteiger partial charge in [0.15, 0.2) is 0 Å². The average molecular weight is 283 g/mol. The van der Waals surface area contributed by atoms with Crippen LogP contribution in [0.15, 0.2) is 0 Å². The summed E-state index contributed by atoms with van der Waals surface area (Å²) in [6, 6.07) is 0.124. The number of rotatable bonds is 2. The standard InChI is InChI=1S/C14H25N3O3/c1-11-3-4-17(9-12(11)2)14(20)16-7-5-15(6-8-16)10-13(18)19/h11-12H,3-10H2,1-2H3,(H,18,19). The second-order valence-electron chi connectivity index (χ2n) is 6.13. The van der Waals surface area contributed by atoms with Crippen LogP contribution in [0.3, 0.4) is 0 Å². The van der Waals surface area contributed by atoms with Gasteiger partial charge in [-0.25, -0.2) is 4.79 Å². The highest BCUT2D eigenvalue weighted by Gasteiger charge is 2.30. The number of urea groups is 1. The minimum atomic E-state index is -0.802. The Bertz CT molecular complexity index is 367. The molecule has 2 unspecified atom stereocenters. The molecule has 114 valence electrons. The van der Waals surface area contributed by atoms with Crippen LogP contribution in [0.25, 0.3) is 0 Å². The van der Waals surface area contributed by atoms with E-state index in [0.29, 0.717) is 38.0 Å². The van der Waals surface area contributed by atoms with Crippen molar-refractivity contribution in [1.82, 2.24) is 14.7 Å². The van der Waals surface area contributed by atoms with Gasteiger partial charge in [-0.1, -0.05) is 13.8 Å². The van der Waals surface area contributed by atoms with E-state index < -0.39 is 5.97 Å². The molecular weight excluding hydrogens is 258 g/mol. The van der Waals surface area contributed by atoms with E-state index in [1.165, 1.54) is 0 Å². The van der Waals surface area contributed by atoms with Crippen molar-refractivity contribution >= 4 is 12.0 Å². The van der Waals surface area contributed by atoms with Crippen LogP contribution >= 0.6 is 0 Å². The zero-order valence-electron chi connectivity index (χ0n) is 12.4. The maximum Gasteiger partial charge on any atom is 0.320 e. The number of aliphatic carboxylic acids is 1. The molecule has 2 amide bonds. The molecule has 20 heavy (non-hydrogen) atoms. The first-order chi connectivity index (χ1) is 9.47. The first-order valence-electron chi connectivity index (χ1n) is 7.45. The highest BCUT2D eigenvalue weighted by Crippen LogP contribution is 2.23. The van der Waals surface area contributed by atoms with Gasteiger partial charge in [-0.05, 0) is 18.3 Å². The SMILES string of the molecule is CC1CCN(C(=O)N2CCN(CC(=O)O)CC2)CC1C. The van der Waals surface area contributed by atoms with Crippen molar-refractivity contribution in [3.05, 3.63) is 0 Å². The van der Waals surface area contributed by atoms with Crippen molar-refractivity contribution in [2.45, 2.75) is 20.3 Å². The van der Waals surface area contributed by atoms with E-state index in [-0.39, 0.29) is 12.6 Å². The third-order valence-corrected chi connectivity index (χ3v) is 4.61. The molecule has 0 aromatic heterocycles. The summed E-state index contributed by atoms with van der Waals surface area (Å²) in [4.78, 5) is 28.8. The quantitative estimate of drug-likeness (QED) is 0.813. The molecule has 2 rings (SSSR count). The summed E-state index contributed by atoms with van der Waals surface area (Å²) in [5, 5.41) is 8.77. The molecule has 0 spiro atoms. The number of likely N-dealkylation sites (tertiary alicyclic amines) is 1. The smallest absolute Gasteiger partial charge is 0.320 e. The third-order valence-electron chi connectivity index (χ3n) is 4.61. The predicted molar refractivity (Wildman–Crippen MR) is 75.6 cm³/mol. The van der Waals surface area contributed by atoms with E-state index in [2.05, 4.69) is 13.8 Å². The monoisotopic (exact) mass is 283 g/mol. The summed E-state index contributed by atoms with van der Waals surface area (Å²) in [5.74, 6) is 0.441. The Balaban J connectivity index is 1.81. The van der Waals surface area contributed by atoms with Crippen molar-refractivity contribution in [3.8, 4) is 0 Å². The van der Waals surface area contributed by atoms with Gasteiger partial charge < -0.3 is 14.9 Å². The lowest BCUT2D eigenvalue weighted by molar-refractivity contribution is -0.138. The lowest BCUT2D eigenvalue weighted by Crippen LogP contribution is -2.55. The van der Waals surface area contributed by atoms with Gasteiger partial charge in [0, 0.05) is 39.3 Å². The van der Waals surface area contributed by atoms with Crippen LogP contribution in [0, 0.1) is 11.8 Å². The number of amides is 2. The molecule has 6 heteroatoms. The maximum absolute atomic E-state index is 12.5. The molecule has 2 saturated heterocycles. The van der Waals surface area contributed by atoms with E-state index >= 15 is 0 Å².